The Labute approximate surface area is 313 Å². The lowest BCUT2D eigenvalue weighted by Crippen LogP contribution is -2.37. The molecule has 0 aliphatic heterocycles. The summed E-state index contributed by atoms with van der Waals surface area (Å²) in [4.78, 5) is 35.1. The molecule has 300 valence electrons. The molecule has 0 aromatic rings. The van der Waals surface area contributed by atoms with Crippen LogP contribution in [0.2, 0.25) is 0 Å². The molecule has 10 heteroatoms. The van der Waals surface area contributed by atoms with Crippen LogP contribution in [0.15, 0.2) is 24.3 Å². The average Bonchev–Trinajstić information content (AvgIpc) is 3.07. The number of likely N-dealkylation sites (N-methyl/N-ethyl adjacent to an activating group) is 1. The van der Waals surface area contributed by atoms with Crippen LogP contribution in [0.25, 0.3) is 0 Å². The minimum absolute atomic E-state index is 0.0322. The molecule has 9 nitrogen and oxygen atoms in total. The first-order valence-corrected chi connectivity index (χ1v) is 22.1. The van der Waals surface area contributed by atoms with Gasteiger partial charge in [0.2, 0.25) is 0 Å². The van der Waals surface area contributed by atoms with Gasteiger partial charge in [0.15, 0.2) is 6.10 Å². The van der Waals surface area contributed by atoms with E-state index in [9.17, 15) is 19.0 Å². The number of quaternary nitrogens is 1. The standard InChI is InChI=1S/C41H78NO8P/c1-6-8-10-12-14-16-17-18-19-20-21-22-23-24-25-26-28-30-32-34-41(44)50-39(38-49-51(45,46)48-36-35-42(3,4)5)37-47-40(43)33-31-29-27-15-13-11-9-7-2/h14,16,18-19,39H,6-13,15,17,20-38H2,1-5H3/p+1/b16-14-,19-18-. The lowest BCUT2D eigenvalue weighted by molar-refractivity contribution is -0.870. The highest BCUT2D eigenvalue weighted by Gasteiger charge is 2.27. The van der Waals surface area contributed by atoms with Gasteiger partial charge < -0.3 is 18.9 Å². The molecule has 1 N–H and O–H groups in total. The Morgan fingerprint density at radius 1 is 0.608 bits per heavy atom. The summed E-state index contributed by atoms with van der Waals surface area (Å²) in [5.74, 6) is -0.805. The van der Waals surface area contributed by atoms with E-state index in [1.54, 1.807) is 0 Å². The number of hydrogen-bond donors (Lipinski definition) is 1. The number of hydrogen-bond acceptors (Lipinski definition) is 7. The fraction of sp³-hybridized carbons (Fsp3) is 0.854. The van der Waals surface area contributed by atoms with Crippen LogP contribution >= 0.6 is 7.82 Å². The Hall–Kier alpha value is -1.51. The Morgan fingerprint density at radius 2 is 1.06 bits per heavy atom. The SMILES string of the molecule is CCCCC/C=C\C/C=C\CCCCCCCCCCCC(=O)OC(COC(=O)CCCCCCCCCC)COP(=O)(O)OCC[N+](C)(C)C. The van der Waals surface area contributed by atoms with E-state index in [1.165, 1.54) is 96.3 Å². The van der Waals surface area contributed by atoms with Crippen molar-refractivity contribution >= 4 is 19.8 Å². The fourth-order valence-corrected chi connectivity index (χ4v) is 6.20. The maximum Gasteiger partial charge on any atom is 0.472 e. The maximum atomic E-state index is 12.6. The highest BCUT2D eigenvalue weighted by molar-refractivity contribution is 7.47. The van der Waals surface area contributed by atoms with Gasteiger partial charge in [-0.1, -0.05) is 141 Å². The van der Waals surface area contributed by atoms with E-state index in [0.29, 0.717) is 17.4 Å². The monoisotopic (exact) mass is 745 g/mol. The molecule has 0 aromatic carbocycles. The second-order valence-corrected chi connectivity index (χ2v) is 16.5. The molecule has 0 saturated carbocycles. The van der Waals surface area contributed by atoms with Crippen LogP contribution < -0.4 is 0 Å². The van der Waals surface area contributed by atoms with Gasteiger partial charge >= 0.3 is 19.8 Å². The van der Waals surface area contributed by atoms with Crippen molar-refractivity contribution in [2.45, 2.75) is 180 Å². The zero-order valence-corrected chi connectivity index (χ0v) is 34.5. The number of carbonyl (C=O) groups excluding carboxylic acids is 2. The van der Waals surface area contributed by atoms with Crippen molar-refractivity contribution in [2.24, 2.45) is 0 Å². The molecule has 0 saturated heterocycles. The van der Waals surface area contributed by atoms with Crippen molar-refractivity contribution in [1.29, 1.82) is 0 Å². The van der Waals surface area contributed by atoms with Gasteiger partial charge in [0.05, 0.1) is 27.7 Å². The summed E-state index contributed by atoms with van der Waals surface area (Å²) in [6.07, 6.45) is 35.2. The van der Waals surface area contributed by atoms with Crippen LogP contribution in [0, 0.1) is 0 Å². The largest absolute Gasteiger partial charge is 0.472 e. The second kappa shape index (κ2) is 34.3. The highest BCUT2D eigenvalue weighted by atomic mass is 31.2. The normalized spacial score (nSPS) is 13.9. The van der Waals surface area contributed by atoms with Crippen LogP contribution in [-0.2, 0) is 32.7 Å². The summed E-state index contributed by atoms with van der Waals surface area (Å²) in [7, 11) is 1.47. The number of unbranched alkanes of at least 4 members (excludes halogenated alkanes) is 19. The number of phosphoric ester groups is 1. The molecule has 0 spiro atoms. The van der Waals surface area contributed by atoms with Crippen LogP contribution in [-0.4, -0.2) is 74.9 Å². The zero-order chi connectivity index (χ0) is 37.9. The molecule has 0 radical (unpaired) electrons. The third-order valence-corrected chi connectivity index (χ3v) is 9.72. The van der Waals surface area contributed by atoms with E-state index in [0.717, 1.165) is 44.9 Å². The predicted molar refractivity (Wildman–Crippen MR) is 211 cm³/mol. The summed E-state index contributed by atoms with van der Waals surface area (Å²) in [5.41, 5.74) is 0. The first kappa shape index (κ1) is 49.5. The Morgan fingerprint density at radius 3 is 1.59 bits per heavy atom. The number of allylic oxidation sites excluding steroid dienone is 4. The number of carbonyl (C=O) groups is 2. The summed E-state index contributed by atoms with van der Waals surface area (Å²) < 4.78 is 34.1. The number of rotatable bonds is 37. The number of ether oxygens (including phenoxy) is 2. The van der Waals surface area contributed by atoms with E-state index < -0.39 is 26.5 Å². The first-order valence-electron chi connectivity index (χ1n) is 20.6. The topological polar surface area (TPSA) is 108 Å². The zero-order valence-electron chi connectivity index (χ0n) is 33.6. The summed E-state index contributed by atoms with van der Waals surface area (Å²) in [6, 6.07) is 0. The number of esters is 2. The van der Waals surface area contributed by atoms with Crippen molar-refractivity contribution in [3.63, 3.8) is 0 Å². The molecular weight excluding hydrogens is 665 g/mol. The molecule has 2 atom stereocenters. The van der Waals surface area contributed by atoms with Crippen LogP contribution in [0.5, 0.6) is 0 Å². The van der Waals surface area contributed by atoms with Gasteiger partial charge in [-0.3, -0.25) is 18.6 Å². The fourth-order valence-electron chi connectivity index (χ4n) is 5.45. The van der Waals surface area contributed by atoms with Gasteiger partial charge in [0.25, 0.3) is 0 Å². The van der Waals surface area contributed by atoms with E-state index in [-0.39, 0.29) is 32.0 Å². The van der Waals surface area contributed by atoms with Gasteiger partial charge in [0.1, 0.15) is 19.8 Å². The smallest absolute Gasteiger partial charge is 0.462 e. The summed E-state index contributed by atoms with van der Waals surface area (Å²) in [6.45, 7) is 4.36. The van der Waals surface area contributed by atoms with Crippen molar-refractivity contribution in [2.75, 3.05) is 47.5 Å². The molecule has 0 fully saturated rings. The maximum absolute atomic E-state index is 12.6. The van der Waals surface area contributed by atoms with Crippen molar-refractivity contribution in [3.8, 4) is 0 Å². The molecule has 0 bridgehead atoms. The molecule has 51 heavy (non-hydrogen) atoms. The lowest BCUT2D eigenvalue weighted by Gasteiger charge is -2.24. The van der Waals surface area contributed by atoms with Gasteiger partial charge in [-0.25, -0.2) is 4.57 Å². The third kappa shape index (κ3) is 38.0. The van der Waals surface area contributed by atoms with Crippen LogP contribution in [0.1, 0.15) is 174 Å². The van der Waals surface area contributed by atoms with Gasteiger partial charge in [-0.05, 0) is 44.9 Å². The van der Waals surface area contributed by atoms with E-state index in [4.69, 9.17) is 18.5 Å². The molecule has 0 aliphatic rings. The minimum Gasteiger partial charge on any atom is -0.462 e. The van der Waals surface area contributed by atoms with Crippen molar-refractivity contribution in [1.82, 2.24) is 0 Å². The Bertz CT molecular complexity index is 933. The predicted octanol–water partition coefficient (Wildman–Crippen LogP) is 11.2. The average molecular weight is 745 g/mol. The Kier molecular flexibility index (Phi) is 33.3. The van der Waals surface area contributed by atoms with Crippen LogP contribution in [0.4, 0.5) is 0 Å². The highest BCUT2D eigenvalue weighted by Crippen LogP contribution is 2.43. The van der Waals surface area contributed by atoms with E-state index >= 15 is 0 Å². The second-order valence-electron chi connectivity index (χ2n) is 15.0. The summed E-state index contributed by atoms with van der Waals surface area (Å²) >= 11 is 0. The minimum atomic E-state index is -4.36. The van der Waals surface area contributed by atoms with Gasteiger partial charge in [-0.2, -0.15) is 0 Å². The van der Waals surface area contributed by atoms with Gasteiger partial charge in [0, 0.05) is 12.8 Å². The number of nitrogens with zero attached hydrogens (tertiary/aromatic N) is 1. The number of phosphoric acid groups is 1. The van der Waals surface area contributed by atoms with E-state index in [1.807, 2.05) is 21.1 Å². The Balaban J connectivity index is 4.30. The molecule has 0 aliphatic carbocycles. The van der Waals surface area contributed by atoms with E-state index in [2.05, 4.69) is 38.2 Å². The molecule has 0 rings (SSSR count). The summed E-state index contributed by atoms with van der Waals surface area (Å²) in [5, 5.41) is 0. The molecular formula is C41H79NO8P+. The van der Waals surface area contributed by atoms with Crippen molar-refractivity contribution in [3.05, 3.63) is 24.3 Å². The molecule has 0 aromatic heterocycles. The van der Waals surface area contributed by atoms with Gasteiger partial charge in [-0.15, -0.1) is 0 Å². The lowest BCUT2D eigenvalue weighted by atomic mass is 10.1. The first-order chi connectivity index (χ1) is 24.5. The third-order valence-electron chi connectivity index (χ3n) is 8.73. The van der Waals surface area contributed by atoms with Crippen LogP contribution in [0.3, 0.4) is 0 Å². The quantitative estimate of drug-likeness (QED) is 0.0220. The van der Waals surface area contributed by atoms with Crippen molar-refractivity contribution < 1.29 is 42.1 Å². The molecule has 2 unspecified atom stereocenters. The molecule has 0 amide bonds. The molecule has 0 heterocycles.